The largest absolute Gasteiger partial charge is 0.273 e. The Balaban J connectivity index is 3.34. The van der Waals surface area contributed by atoms with Crippen LogP contribution in [0.1, 0.15) is 6.92 Å². The summed E-state index contributed by atoms with van der Waals surface area (Å²) >= 11 is 3.35. The van der Waals surface area contributed by atoms with Crippen LogP contribution in [0.15, 0.2) is 0 Å². The molecule has 4 heteroatoms. The van der Waals surface area contributed by atoms with E-state index in [-0.39, 0.29) is 5.91 Å². The van der Waals surface area contributed by atoms with E-state index in [0.717, 1.165) is 0 Å². The third kappa shape index (κ3) is 3.16. The van der Waals surface area contributed by atoms with E-state index in [0.29, 0.717) is 0 Å². The van der Waals surface area contributed by atoms with Gasteiger partial charge in [0.15, 0.2) is 0 Å². The summed E-state index contributed by atoms with van der Waals surface area (Å²) in [6, 6.07) is 0. The molecule has 0 aliphatic carbocycles. The number of rotatable bonds is 1. The topological polar surface area (TPSA) is 20.3 Å². The molecule has 0 aromatic heterocycles. The molecule has 0 heterocycles. The Labute approximate surface area is 61.3 Å². The van der Waals surface area contributed by atoms with Gasteiger partial charge in [0.2, 0.25) is 5.91 Å². The third-order valence-electron chi connectivity index (χ3n) is 0.408. The fraction of sp³-hybridized carbons (Fsp3) is 0.667. The molecular weight excluding hydrogens is 225 g/mol. The average molecular weight is 231 g/mol. The van der Waals surface area contributed by atoms with Gasteiger partial charge >= 0.3 is 0 Å². The molecule has 0 fully saturated rings. The van der Waals surface area contributed by atoms with Gasteiger partial charge in [-0.2, -0.15) is 0 Å². The maximum Gasteiger partial charge on any atom is 0.238 e. The van der Waals surface area contributed by atoms with Crippen molar-refractivity contribution in [2.75, 3.05) is 6.26 Å². The van der Waals surface area contributed by atoms with E-state index < -0.39 is 0 Å². The highest BCUT2D eigenvalue weighted by Crippen LogP contribution is 2.10. The Kier molecular flexibility index (Phi) is 3.82. The fourth-order valence-corrected chi connectivity index (χ4v) is 0.386. The number of nitrogens with zero attached hydrogens (tertiary/aromatic N) is 1. The van der Waals surface area contributed by atoms with Crippen LogP contribution < -0.4 is 0 Å². The summed E-state index contributed by atoms with van der Waals surface area (Å²) in [4.78, 5) is 10.3. The van der Waals surface area contributed by atoms with Crippen molar-refractivity contribution >= 4 is 40.7 Å². The summed E-state index contributed by atoms with van der Waals surface area (Å²) in [5, 5.41) is 0. The van der Waals surface area contributed by atoms with Crippen LogP contribution >= 0.6 is 34.8 Å². The van der Waals surface area contributed by atoms with Crippen molar-refractivity contribution in [3.63, 3.8) is 0 Å². The molecule has 0 N–H and O–H groups in total. The predicted molar refractivity (Wildman–Crippen MR) is 40.1 cm³/mol. The van der Waals surface area contributed by atoms with Crippen LogP contribution in [0.3, 0.4) is 0 Å². The molecule has 7 heavy (non-hydrogen) atoms. The van der Waals surface area contributed by atoms with Crippen LogP contribution in [0.2, 0.25) is 0 Å². The lowest BCUT2D eigenvalue weighted by atomic mass is 10.8. The lowest BCUT2D eigenvalue weighted by molar-refractivity contribution is -0.119. The fourth-order valence-electron chi connectivity index (χ4n) is 0.129. The number of hydrogen-bond donors (Lipinski definition) is 0. The van der Waals surface area contributed by atoms with Gasteiger partial charge in [0.1, 0.15) is 0 Å². The molecule has 0 saturated heterocycles. The standard InChI is InChI=1S/C3H6INOS/c1-3(6)5(4)7-2/h1-2H3. The first kappa shape index (κ1) is 7.55. The van der Waals surface area contributed by atoms with Crippen molar-refractivity contribution in [1.82, 2.24) is 2.52 Å². The SMILES string of the molecule is CSN(I)C(C)=O. The lowest BCUT2D eigenvalue weighted by Crippen LogP contribution is -2.06. The van der Waals surface area contributed by atoms with Gasteiger partial charge in [0.25, 0.3) is 0 Å². The summed E-state index contributed by atoms with van der Waals surface area (Å²) in [7, 11) is 0. The number of halogens is 1. The molecule has 2 nitrogen and oxygen atoms in total. The van der Waals surface area contributed by atoms with Gasteiger partial charge in [-0.25, -0.2) is 2.52 Å². The van der Waals surface area contributed by atoms with Crippen molar-refractivity contribution in [2.45, 2.75) is 6.92 Å². The van der Waals surface area contributed by atoms with Crippen molar-refractivity contribution in [1.29, 1.82) is 0 Å². The molecule has 0 unspecified atom stereocenters. The van der Waals surface area contributed by atoms with Gasteiger partial charge in [-0.05, 0) is 11.9 Å². The molecular formula is C3H6INOS. The summed E-state index contributed by atoms with van der Waals surface area (Å²) in [5.74, 6) is 0.0769. The second-order valence-electron chi connectivity index (χ2n) is 0.946. The van der Waals surface area contributed by atoms with Gasteiger partial charge < -0.3 is 0 Å². The first-order valence-electron chi connectivity index (χ1n) is 1.69. The number of carbonyl (C=O) groups excluding carboxylic acids is 1. The van der Waals surface area contributed by atoms with Crippen molar-refractivity contribution in [3.05, 3.63) is 0 Å². The molecule has 1 amide bonds. The number of carbonyl (C=O) groups is 1. The summed E-state index contributed by atoms with van der Waals surface area (Å²) in [6.45, 7) is 1.53. The second kappa shape index (κ2) is 3.54. The number of amides is 1. The molecule has 0 aromatic rings. The molecule has 0 atom stereocenters. The monoisotopic (exact) mass is 231 g/mol. The highest BCUT2D eigenvalue weighted by Gasteiger charge is 1.97. The van der Waals surface area contributed by atoms with Crippen LogP contribution in [0.4, 0.5) is 0 Å². The van der Waals surface area contributed by atoms with Crippen LogP contribution in [-0.2, 0) is 4.79 Å². The first-order chi connectivity index (χ1) is 3.18. The van der Waals surface area contributed by atoms with Gasteiger partial charge in [0, 0.05) is 13.2 Å². The zero-order chi connectivity index (χ0) is 5.86. The second-order valence-corrected chi connectivity index (χ2v) is 3.30. The van der Waals surface area contributed by atoms with Crippen LogP contribution in [-0.4, -0.2) is 14.7 Å². The lowest BCUT2D eigenvalue weighted by Gasteiger charge is -2.03. The Morgan fingerprint density at radius 2 is 2.29 bits per heavy atom. The van der Waals surface area contributed by atoms with E-state index in [2.05, 4.69) is 0 Å². The zero-order valence-corrected chi connectivity index (χ0v) is 7.12. The smallest absolute Gasteiger partial charge is 0.238 e. The molecule has 42 valence electrons. The van der Waals surface area contributed by atoms with E-state index in [1.165, 1.54) is 21.4 Å². The van der Waals surface area contributed by atoms with Crippen molar-refractivity contribution in [3.8, 4) is 0 Å². The molecule has 0 saturated carbocycles. The molecule has 0 bridgehead atoms. The normalized spacial score (nSPS) is 8.43. The van der Waals surface area contributed by atoms with E-state index in [4.69, 9.17) is 0 Å². The minimum absolute atomic E-state index is 0.0769. The Hall–Kier alpha value is 0.550. The van der Waals surface area contributed by atoms with E-state index in [9.17, 15) is 4.79 Å². The third-order valence-corrected chi connectivity index (χ3v) is 2.85. The highest BCUT2D eigenvalue weighted by atomic mass is 127. The maximum atomic E-state index is 10.3. The predicted octanol–water partition coefficient (Wildman–Crippen LogP) is 1.46. The average Bonchev–Trinajstić information content (AvgIpc) is 1.65. The molecule has 0 rings (SSSR count). The van der Waals surface area contributed by atoms with Gasteiger partial charge in [-0.3, -0.25) is 4.79 Å². The Morgan fingerprint density at radius 3 is 2.29 bits per heavy atom. The van der Waals surface area contributed by atoms with Crippen LogP contribution in [0.25, 0.3) is 0 Å². The summed E-state index contributed by atoms with van der Waals surface area (Å²) in [5.41, 5.74) is 0. The molecule has 0 aliphatic heterocycles. The minimum Gasteiger partial charge on any atom is -0.273 e. The van der Waals surface area contributed by atoms with Crippen molar-refractivity contribution in [2.24, 2.45) is 0 Å². The highest BCUT2D eigenvalue weighted by molar-refractivity contribution is 14.1. The van der Waals surface area contributed by atoms with Crippen LogP contribution in [0, 0.1) is 0 Å². The quantitative estimate of drug-likeness (QED) is 0.387. The first-order valence-corrected chi connectivity index (χ1v) is 3.83. The summed E-state index contributed by atoms with van der Waals surface area (Å²) < 4.78 is 1.54. The number of hydrogen-bond acceptors (Lipinski definition) is 2. The van der Waals surface area contributed by atoms with Gasteiger partial charge in [-0.15, -0.1) is 0 Å². The van der Waals surface area contributed by atoms with E-state index in [1.807, 2.05) is 29.1 Å². The molecule has 0 spiro atoms. The Morgan fingerprint density at radius 1 is 1.86 bits per heavy atom. The van der Waals surface area contributed by atoms with E-state index in [1.54, 1.807) is 0 Å². The molecule has 0 radical (unpaired) electrons. The minimum atomic E-state index is 0.0769. The van der Waals surface area contributed by atoms with Gasteiger partial charge in [0.05, 0.1) is 22.9 Å². The van der Waals surface area contributed by atoms with Crippen molar-refractivity contribution < 1.29 is 4.79 Å². The zero-order valence-electron chi connectivity index (χ0n) is 4.14. The van der Waals surface area contributed by atoms with Crippen LogP contribution in [0.5, 0.6) is 0 Å². The molecule has 0 aliphatic rings. The molecule has 0 aromatic carbocycles. The maximum absolute atomic E-state index is 10.3. The van der Waals surface area contributed by atoms with Gasteiger partial charge in [-0.1, -0.05) is 0 Å². The Bertz CT molecular complexity index is 77.3. The van der Waals surface area contributed by atoms with E-state index >= 15 is 0 Å². The summed E-state index contributed by atoms with van der Waals surface area (Å²) in [6.07, 6.45) is 1.86.